The predicted octanol–water partition coefficient (Wildman–Crippen LogP) is 1.41. The van der Waals surface area contributed by atoms with Gasteiger partial charge in [-0.15, -0.1) is 0 Å². The standard InChI is InChI=1S/C11H14N2O3S/c1-13(7-10(14)15)11(17)12-8-5-3-4-6-9(8)16-2/h3-6H,7H2,1-2H3,(H,12,17)(H,14,15). The molecule has 0 aliphatic heterocycles. The van der Waals surface area contributed by atoms with Crippen LogP contribution in [0.5, 0.6) is 5.75 Å². The quantitative estimate of drug-likeness (QED) is 0.792. The molecule has 6 heteroatoms. The van der Waals surface area contributed by atoms with E-state index in [2.05, 4.69) is 5.32 Å². The van der Waals surface area contributed by atoms with Crippen LogP contribution in [0.2, 0.25) is 0 Å². The number of nitrogens with one attached hydrogen (secondary N) is 1. The Kier molecular flexibility index (Phi) is 4.71. The fourth-order valence-corrected chi connectivity index (χ4v) is 1.41. The summed E-state index contributed by atoms with van der Waals surface area (Å²) in [4.78, 5) is 12.0. The average Bonchev–Trinajstić information content (AvgIpc) is 2.28. The number of rotatable bonds is 4. The zero-order chi connectivity index (χ0) is 12.8. The third-order valence-corrected chi connectivity index (χ3v) is 2.48. The van der Waals surface area contributed by atoms with E-state index in [4.69, 9.17) is 22.1 Å². The van der Waals surface area contributed by atoms with Crippen LogP contribution in [0.15, 0.2) is 24.3 Å². The highest BCUT2D eigenvalue weighted by molar-refractivity contribution is 7.80. The Hall–Kier alpha value is -1.82. The Balaban J connectivity index is 2.70. The molecule has 0 fully saturated rings. The van der Waals surface area contributed by atoms with Crippen LogP contribution in [-0.4, -0.2) is 41.8 Å². The zero-order valence-corrected chi connectivity index (χ0v) is 10.5. The SMILES string of the molecule is COc1ccccc1NC(=S)N(C)CC(=O)O. The first-order valence-electron chi connectivity index (χ1n) is 4.91. The summed E-state index contributed by atoms with van der Waals surface area (Å²) in [7, 11) is 3.17. The molecule has 0 aliphatic carbocycles. The van der Waals surface area contributed by atoms with Crippen LogP contribution in [-0.2, 0) is 4.79 Å². The van der Waals surface area contributed by atoms with Crippen molar-refractivity contribution >= 4 is 29.0 Å². The molecular formula is C11H14N2O3S. The second-order valence-electron chi connectivity index (χ2n) is 3.38. The molecule has 0 heterocycles. The van der Waals surface area contributed by atoms with Gasteiger partial charge >= 0.3 is 5.97 Å². The number of thiocarbonyl (C=S) groups is 1. The third-order valence-electron chi connectivity index (χ3n) is 2.07. The van der Waals surface area contributed by atoms with Gasteiger partial charge in [-0.05, 0) is 24.4 Å². The summed E-state index contributed by atoms with van der Waals surface area (Å²) in [6.07, 6.45) is 0. The Morgan fingerprint density at radius 2 is 2.18 bits per heavy atom. The molecular weight excluding hydrogens is 240 g/mol. The monoisotopic (exact) mass is 254 g/mol. The van der Waals surface area contributed by atoms with Crippen LogP contribution < -0.4 is 10.1 Å². The highest BCUT2D eigenvalue weighted by Crippen LogP contribution is 2.23. The number of anilines is 1. The van der Waals surface area contributed by atoms with E-state index in [0.717, 1.165) is 0 Å². The molecule has 1 rings (SSSR count). The molecule has 0 amide bonds. The summed E-state index contributed by atoms with van der Waals surface area (Å²) >= 11 is 5.08. The first-order chi connectivity index (χ1) is 8.04. The molecule has 0 saturated heterocycles. The molecule has 2 N–H and O–H groups in total. The first-order valence-corrected chi connectivity index (χ1v) is 5.32. The second-order valence-corrected chi connectivity index (χ2v) is 3.77. The molecule has 92 valence electrons. The summed E-state index contributed by atoms with van der Waals surface area (Å²) in [5.41, 5.74) is 0.706. The minimum Gasteiger partial charge on any atom is -0.495 e. The highest BCUT2D eigenvalue weighted by Gasteiger charge is 2.10. The predicted molar refractivity (Wildman–Crippen MR) is 69.5 cm³/mol. The summed E-state index contributed by atoms with van der Waals surface area (Å²) in [5, 5.41) is 11.9. The van der Waals surface area contributed by atoms with Crippen LogP contribution in [0.25, 0.3) is 0 Å². The number of methoxy groups -OCH3 is 1. The Bertz CT molecular complexity index is 423. The van der Waals surface area contributed by atoms with Gasteiger partial charge in [0.2, 0.25) is 0 Å². The molecule has 0 aliphatic rings. The maximum Gasteiger partial charge on any atom is 0.323 e. The number of aliphatic carboxylic acids is 1. The van der Waals surface area contributed by atoms with Crippen LogP contribution in [0.4, 0.5) is 5.69 Å². The van der Waals surface area contributed by atoms with E-state index >= 15 is 0 Å². The second kappa shape index (κ2) is 6.05. The van der Waals surface area contributed by atoms with Crippen LogP contribution in [0.3, 0.4) is 0 Å². The van der Waals surface area contributed by atoms with Crippen molar-refractivity contribution in [3.8, 4) is 5.75 Å². The van der Waals surface area contributed by atoms with Gasteiger partial charge in [0.05, 0.1) is 12.8 Å². The van der Waals surface area contributed by atoms with Gasteiger partial charge in [-0.2, -0.15) is 0 Å². The van der Waals surface area contributed by atoms with Gasteiger partial charge in [-0.1, -0.05) is 12.1 Å². The van der Waals surface area contributed by atoms with Crippen molar-refractivity contribution in [1.29, 1.82) is 0 Å². The molecule has 0 unspecified atom stereocenters. The van der Waals surface area contributed by atoms with Crippen molar-refractivity contribution < 1.29 is 14.6 Å². The van der Waals surface area contributed by atoms with Crippen LogP contribution in [0.1, 0.15) is 0 Å². The number of carboxylic acid groups (broad SMARTS) is 1. The molecule has 0 radical (unpaired) electrons. The normalized spacial score (nSPS) is 9.53. The van der Waals surface area contributed by atoms with Crippen LogP contribution >= 0.6 is 12.2 Å². The minimum atomic E-state index is -0.934. The van der Waals surface area contributed by atoms with E-state index in [1.54, 1.807) is 26.3 Å². The van der Waals surface area contributed by atoms with Crippen molar-refractivity contribution in [2.45, 2.75) is 0 Å². The fourth-order valence-electron chi connectivity index (χ4n) is 1.23. The molecule has 1 aromatic rings. The number of carboxylic acids is 1. The number of benzene rings is 1. The topological polar surface area (TPSA) is 61.8 Å². The average molecular weight is 254 g/mol. The molecule has 0 bridgehead atoms. The number of hydrogen-bond donors (Lipinski definition) is 2. The third kappa shape index (κ3) is 3.92. The molecule has 0 aromatic heterocycles. The van der Waals surface area contributed by atoms with Crippen molar-refractivity contribution in [3.05, 3.63) is 24.3 Å². The van der Waals surface area contributed by atoms with Gasteiger partial charge in [0.1, 0.15) is 12.3 Å². The van der Waals surface area contributed by atoms with E-state index in [0.29, 0.717) is 16.5 Å². The van der Waals surface area contributed by atoms with E-state index in [9.17, 15) is 4.79 Å². The van der Waals surface area contributed by atoms with Crippen molar-refractivity contribution in [3.63, 3.8) is 0 Å². The van der Waals surface area contributed by atoms with Gasteiger partial charge in [0.25, 0.3) is 0 Å². The summed E-state index contributed by atoms with van der Waals surface area (Å²) in [6, 6.07) is 7.28. The van der Waals surface area contributed by atoms with Gasteiger partial charge in [0, 0.05) is 7.05 Å². The number of carbonyl (C=O) groups is 1. The smallest absolute Gasteiger partial charge is 0.323 e. The number of hydrogen-bond acceptors (Lipinski definition) is 3. The number of ether oxygens (including phenoxy) is 1. The van der Waals surface area contributed by atoms with E-state index in [1.807, 2.05) is 12.1 Å². The number of likely N-dealkylation sites (N-methyl/N-ethyl adjacent to an activating group) is 1. The number of para-hydroxylation sites is 2. The van der Waals surface area contributed by atoms with E-state index in [1.165, 1.54) is 4.90 Å². The largest absolute Gasteiger partial charge is 0.495 e. The van der Waals surface area contributed by atoms with Gasteiger partial charge in [-0.25, -0.2) is 0 Å². The molecule has 0 atom stereocenters. The summed E-state index contributed by atoms with van der Waals surface area (Å²) in [6.45, 7) is -0.152. The van der Waals surface area contributed by atoms with E-state index in [-0.39, 0.29) is 6.54 Å². The molecule has 0 spiro atoms. The number of nitrogens with zero attached hydrogens (tertiary/aromatic N) is 1. The maximum atomic E-state index is 10.5. The Morgan fingerprint density at radius 3 is 2.76 bits per heavy atom. The van der Waals surface area contributed by atoms with Gasteiger partial charge in [-0.3, -0.25) is 4.79 Å². The molecule has 0 saturated carbocycles. The summed E-state index contributed by atoms with van der Waals surface area (Å²) < 4.78 is 5.15. The van der Waals surface area contributed by atoms with Crippen molar-refractivity contribution in [2.75, 3.05) is 26.0 Å². The Labute approximate surface area is 105 Å². The molecule has 1 aromatic carbocycles. The highest BCUT2D eigenvalue weighted by atomic mass is 32.1. The molecule has 5 nitrogen and oxygen atoms in total. The fraction of sp³-hybridized carbons (Fsp3) is 0.273. The lowest BCUT2D eigenvalue weighted by atomic mass is 10.3. The minimum absolute atomic E-state index is 0.152. The van der Waals surface area contributed by atoms with Gasteiger partial charge in [0.15, 0.2) is 5.11 Å². The zero-order valence-electron chi connectivity index (χ0n) is 9.64. The molecule has 17 heavy (non-hydrogen) atoms. The van der Waals surface area contributed by atoms with Crippen LogP contribution in [0, 0.1) is 0 Å². The lowest BCUT2D eigenvalue weighted by Crippen LogP contribution is -2.35. The first kappa shape index (κ1) is 13.2. The van der Waals surface area contributed by atoms with Crippen molar-refractivity contribution in [2.24, 2.45) is 0 Å². The van der Waals surface area contributed by atoms with E-state index < -0.39 is 5.97 Å². The Morgan fingerprint density at radius 1 is 1.53 bits per heavy atom. The van der Waals surface area contributed by atoms with Crippen molar-refractivity contribution in [1.82, 2.24) is 4.90 Å². The maximum absolute atomic E-state index is 10.5. The van der Waals surface area contributed by atoms with Gasteiger partial charge < -0.3 is 20.1 Å². The summed E-state index contributed by atoms with van der Waals surface area (Å²) in [5.74, 6) is -0.282. The lowest BCUT2D eigenvalue weighted by Gasteiger charge is -2.19. The lowest BCUT2D eigenvalue weighted by molar-refractivity contribution is -0.137.